The molecule has 0 saturated carbocycles. The number of carbonyl (C=O) groups excluding carboxylic acids is 1. The number of hydrazone groups is 1. The average molecular weight is 299 g/mol. The Balaban J connectivity index is 1.82. The van der Waals surface area contributed by atoms with Gasteiger partial charge in [-0.3, -0.25) is 4.79 Å². The van der Waals surface area contributed by atoms with Crippen molar-refractivity contribution in [1.29, 1.82) is 0 Å². The van der Waals surface area contributed by atoms with Gasteiger partial charge in [0, 0.05) is 19.3 Å². The van der Waals surface area contributed by atoms with Crippen molar-refractivity contribution in [2.75, 3.05) is 18.1 Å². The fourth-order valence-electron chi connectivity index (χ4n) is 2.92. The van der Waals surface area contributed by atoms with Gasteiger partial charge in [-0.2, -0.15) is 10.1 Å². The van der Waals surface area contributed by atoms with Crippen molar-refractivity contribution in [2.45, 2.75) is 33.0 Å². The predicted molar refractivity (Wildman–Crippen MR) is 86.7 cm³/mol. The quantitative estimate of drug-likeness (QED) is 0.788. The van der Waals surface area contributed by atoms with E-state index in [9.17, 15) is 4.79 Å². The first kappa shape index (κ1) is 14.8. The van der Waals surface area contributed by atoms with E-state index in [1.807, 2.05) is 43.5 Å². The van der Waals surface area contributed by atoms with Crippen molar-refractivity contribution < 1.29 is 9.53 Å². The Labute approximate surface area is 130 Å². The summed E-state index contributed by atoms with van der Waals surface area (Å²) in [6.45, 7) is 7.56. The van der Waals surface area contributed by atoms with E-state index in [2.05, 4.69) is 23.8 Å². The van der Waals surface area contributed by atoms with Gasteiger partial charge < -0.3 is 9.64 Å². The number of ether oxygens (including phenoxy) is 1. The zero-order valence-corrected chi connectivity index (χ0v) is 13.2. The highest BCUT2D eigenvalue weighted by molar-refractivity contribution is 6.29. The second-order valence-electron chi connectivity index (χ2n) is 5.89. The summed E-state index contributed by atoms with van der Waals surface area (Å²) >= 11 is 0. The molecule has 0 N–H and O–H groups in total. The number of hydrogen-bond acceptors (Lipinski definition) is 4. The van der Waals surface area contributed by atoms with E-state index in [1.54, 1.807) is 0 Å². The molecule has 0 bridgehead atoms. The molecule has 3 rings (SSSR count). The van der Waals surface area contributed by atoms with Gasteiger partial charge in [0.15, 0.2) is 0 Å². The van der Waals surface area contributed by atoms with Gasteiger partial charge in [-0.25, -0.2) is 0 Å². The molecule has 0 spiro atoms. The van der Waals surface area contributed by atoms with Crippen LogP contribution in [-0.2, 0) is 9.53 Å². The minimum Gasteiger partial charge on any atom is -0.372 e. The first-order valence-corrected chi connectivity index (χ1v) is 7.61. The number of morpholine rings is 1. The molecule has 5 nitrogen and oxygen atoms in total. The second kappa shape index (κ2) is 5.93. The first-order valence-electron chi connectivity index (χ1n) is 7.61. The Bertz CT molecular complexity index is 614. The largest absolute Gasteiger partial charge is 0.372 e. The normalized spacial score (nSPS) is 27.5. The number of rotatable bonds is 2. The summed E-state index contributed by atoms with van der Waals surface area (Å²) in [6, 6.07) is 9.50. The highest BCUT2D eigenvalue weighted by atomic mass is 16.5. The number of anilines is 1. The van der Waals surface area contributed by atoms with Crippen LogP contribution in [0.5, 0.6) is 0 Å². The van der Waals surface area contributed by atoms with Gasteiger partial charge in [-0.1, -0.05) is 18.2 Å². The fourth-order valence-corrected chi connectivity index (χ4v) is 2.92. The lowest BCUT2D eigenvalue weighted by atomic mass is 10.1. The first-order chi connectivity index (χ1) is 10.5. The highest BCUT2D eigenvalue weighted by Crippen LogP contribution is 2.24. The molecule has 2 atom stereocenters. The van der Waals surface area contributed by atoms with E-state index in [-0.39, 0.29) is 18.1 Å². The number of hydrogen-bond donors (Lipinski definition) is 0. The summed E-state index contributed by atoms with van der Waals surface area (Å²) < 4.78 is 5.73. The molecule has 0 unspecified atom stereocenters. The van der Waals surface area contributed by atoms with Gasteiger partial charge in [0.1, 0.15) is 0 Å². The van der Waals surface area contributed by atoms with Gasteiger partial charge in [0.05, 0.1) is 29.2 Å². The predicted octanol–water partition coefficient (Wildman–Crippen LogP) is 2.40. The molecule has 5 heteroatoms. The van der Waals surface area contributed by atoms with Crippen LogP contribution in [0.15, 0.2) is 47.2 Å². The van der Waals surface area contributed by atoms with Crippen LogP contribution in [0.25, 0.3) is 0 Å². The topological polar surface area (TPSA) is 45.1 Å². The Hall–Kier alpha value is -2.14. The van der Waals surface area contributed by atoms with Gasteiger partial charge >= 0.3 is 0 Å². The van der Waals surface area contributed by atoms with Crippen LogP contribution in [0.2, 0.25) is 0 Å². The molecule has 2 aliphatic rings. The molecule has 0 radical (unpaired) electrons. The van der Waals surface area contributed by atoms with Gasteiger partial charge in [-0.15, -0.1) is 0 Å². The van der Waals surface area contributed by atoms with Crippen LogP contribution in [0.3, 0.4) is 0 Å². The molecular weight excluding hydrogens is 278 g/mol. The van der Waals surface area contributed by atoms with Crippen LogP contribution in [0, 0.1) is 0 Å². The fraction of sp³-hybridized carbons (Fsp3) is 0.412. The molecule has 116 valence electrons. The minimum absolute atomic E-state index is 0.0736. The number of carbonyl (C=O) groups is 1. The van der Waals surface area contributed by atoms with E-state index in [1.165, 1.54) is 5.01 Å². The molecule has 1 aromatic carbocycles. The van der Waals surface area contributed by atoms with E-state index in [0.717, 1.165) is 24.5 Å². The molecule has 1 saturated heterocycles. The number of amides is 1. The Morgan fingerprint density at radius 3 is 2.45 bits per heavy atom. The van der Waals surface area contributed by atoms with E-state index < -0.39 is 0 Å². The smallest absolute Gasteiger partial charge is 0.282 e. The molecule has 0 aromatic heterocycles. The third kappa shape index (κ3) is 2.90. The zero-order chi connectivity index (χ0) is 15.7. The van der Waals surface area contributed by atoms with Crippen molar-refractivity contribution >= 4 is 17.3 Å². The van der Waals surface area contributed by atoms with Gasteiger partial charge in [-0.05, 0) is 32.9 Å². The maximum absolute atomic E-state index is 12.6. The highest BCUT2D eigenvalue weighted by Gasteiger charge is 2.30. The minimum atomic E-state index is -0.0736. The standard InChI is InChI=1S/C17H21N3O2/c1-12-9-19(10-13(2)22-12)11-16-14(3)18-20(17(16)21)15-7-5-4-6-8-15/h4-8,11-13H,9-10H2,1-3H3/b16-11-/t12-,13-/m0/s1. The molecule has 22 heavy (non-hydrogen) atoms. The maximum atomic E-state index is 12.6. The van der Waals surface area contributed by atoms with Crippen LogP contribution in [0.1, 0.15) is 20.8 Å². The summed E-state index contributed by atoms with van der Waals surface area (Å²) in [5.74, 6) is -0.0736. The monoisotopic (exact) mass is 299 g/mol. The van der Waals surface area contributed by atoms with Crippen molar-refractivity contribution in [1.82, 2.24) is 4.90 Å². The molecule has 0 aliphatic carbocycles. The summed E-state index contributed by atoms with van der Waals surface area (Å²) in [5, 5.41) is 5.87. The molecular formula is C17H21N3O2. The Kier molecular flexibility index (Phi) is 3.98. The molecule has 1 fully saturated rings. The van der Waals surface area contributed by atoms with Crippen molar-refractivity contribution in [3.8, 4) is 0 Å². The third-order valence-corrected chi connectivity index (χ3v) is 3.82. The molecule has 2 heterocycles. The summed E-state index contributed by atoms with van der Waals surface area (Å²) in [6.07, 6.45) is 2.26. The van der Waals surface area contributed by atoms with E-state index >= 15 is 0 Å². The number of para-hydroxylation sites is 1. The van der Waals surface area contributed by atoms with Crippen LogP contribution in [-0.4, -0.2) is 41.8 Å². The lowest BCUT2D eigenvalue weighted by Gasteiger charge is -2.34. The Morgan fingerprint density at radius 1 is 1.18 bits per heavy atom. The lowest BCUT2D eigenvalue weighted by molar-refractivity contribution is -0.114. The summed E-state index contributed by atoms with van der Waals surface area (Å²) in [7, 11) is 0. The van der Waals surface area contributed by atoms with E-state index in [4.69, 9.17) is 4.74 Å². The number of nitrogens with zero attached hydrogens (tertiary/aromatic N) is 3. The summed E-state index contributed by atoms with van der Waals surface area (Å²) in [5.41, 5.74) is 2.20. The maximum Gasteiger partial charge on any atom is 0.282 e. The van der Waals surface area contributed by atoms with Gasteiger partial charge in [0.2, 0.25) is 0 Å². The van der Waals surface area contributed by atoms with Crippen molar-refractivity contribution in [2.24, 2.45) is 5.10 Å². The molecule has 1 amide bonds. The Morgan fingerprint density at radius 2 is 1.82 bits per heavy atom. The third-order valence-electron chi connectivity index (χ3n) is 3.82. The molecule has 1 aromatic rings. The molecule has 2 aliphatic heterocycles. The number of benzene rings is 1. The van der Waals surface area contributed by atoms with Crippen LogP contribution in [0.4, 0.5) is 5.69 Å². The van der Waals surface area contributed by atoms with Crippen LogP contribution < -0.4 is 5.01 Å². The van der Waals surface area contributed by atoms with Gasteiger partial charge in [0.25, 0.3) is 5.91 Å². The SMILES string of the molecule is CC1=NN(c2ccccc2)C(=O)/C1=C\N1C[C@H](C)O[C@@H](C)C1. The van der Waals surface area contributed by atoms with Crippen molar-refractivity contribution in [3.05, 3.63) is 42.1 Å². The van der Waals surface area contributed by atoms with Crippen LogP contribution >= 0.6 is 0 Å². The second-order valence-corrected chi connectivity index (χ2v) is 5.89. The van der Waals surface area contributed by atoms with Crippen molar-refractivity contribution in [3.63, 3.8) is 0 Å². The lowest BCUT2D eigenvalue weighted by Crippen LogP contribution is -2.43. The van der Waals surface area contributed by atoms with E-state index in [0.29, 0.717) is 5.57 Å². The average Bonchev–Trinajstić information content (AvgIpc) is 2.75. The zero-order valence-electron chi connectivity index (χ0n) is 13.2. The summed E-state index contributed by atoms with van der Waals surface area (Å²) in [4.78, 5) is 14.8.